The van der Waals surface area contributed by atoms with E-state index in [2.05, 4.69) is 38.9 Å². The summed E-state index contributed by atoms with van der Waals surface area (Å²) in [5.41, 5.74) is 1.09. The van der Waals surface area contributed by atoms with Gasteiger partial charge in [-0.25, -0.2) is 4.39 Å². The zero-order valence-corrected chi connectivity index (χ0v) is 13.7. The van der Waals surface area contributed by atoms with Gasteiger partial charge in [-0.1, -0.05) is 12.1 Å². The number of rotatable bonds is 3. The first-order valence-electron chi connectivity index (χ1n) is 5.57. The van der Waals surface area contributed by atoms with Crippen LogP contribution in [0.3, 0.4) is 0 Å². The minimum atomic E-state index is -0.305. The number of nitrogens with one attached hydrogen (secondary N) is 1. The first-order valence-corrected chi connectivity index (χ1v) is 6.65. The molecule has 6 heteroatoms. The Hall–Kier alpha value is 0.380. The Labute approximate surface area is 134 Å². The average Bonchev–Trinajstić information content (AvgIpc) is 2.31. The molecular weight excluding hydrogens is 389 g/mol. The van der Waals surface area contributed by atoms with Crippen LogP contribution in [0.25, 0.3) is 0 Å². The van der Waals surface area contributed by atoms with Crippen molar-refractivity contribution in [2.75, 3.05) is 32.9 Å². The van der Waals surface area contributed by atoms with E-state index in [1.807, 2.05) is 18.2 Å². The van der Waals surface area contributed by atoms with Crippen LogP contribution in [-0.4, -0.2) is 37.8 Å². The first kappa shape index (κ1) is 18.4. The maximum atomic E-state index is 13.2. The topological polar surface area (TPSA) is 15.3 Å². The second-order valence-electron chi connectivity index (χ2n) is 4.01. The number of nitrogens with zero attached hydrogens (tertiary/aromatic N) is 1. The van der Waals surface area contributed by atoms with Crippen LogP contribution in [0.4, 0.5) is 4.39 Å². The van der Waals surface area contributed by atoms with Crippen LogP contribution in [0.2, 0.25) is 0 Å². The van der Waals surface area contributed by atoms with Gasteiger partial charge in [0.1, 0.15) is 6.67 Å². The predicted octanol–water partition coefficient (Wildman–Crippen LogP) is 3.05. The summed E-state index contributed by atoms with van der Waals surface area (Å²) in [5.74, 6) is 0. The monoisotopic (exact) mass is 406 g/mol. The summed E-state index contributed by atoms with van der Waals surface area (Å²) in [6.45, 7) is 3.47. The third kappa shape index (κ3) is 4.81. The van der Waals surface area contributed by atoms with Gasteiger partial charge in [0.05, 0.1) is 6.04 Å². The van der Waals surface area contributed by atoms with Crippen molar-refractivity contribution in [2.24, 2.45) is 0 Å². The molecule has 0 aliphatic carbocycles. The molecule has 0 radical (unpaired) electrons. The van der Waals surface area contributed by atoms with E-state index in [4.69, 9.17) is 0 Å². The lowest BCUT2D eigenvalue weighted by Crippen LogP contribution is -2.45. The lowest BCUT2D eigenvalue weighted by molar-refractivity contribution is 0.147. The van der Waals surface area contributed by atoms with Crippen LogP contribution in [0.5, 0.6) is 0 Å². The van der Waals surface area contributed by atoms with E-state index in [0.29, 0.717) is 0 Å². The number of benzene rings is 1. The van der Waals surface area contributed by atoms with Gasteiger partial charge in [-0.2, -0.15) is 0 Å². The van der Waals surface area contributed by atoms with Gasteiger partial charge in [0.2, 0.25) is 0 Å². The Bertz CT molecular complexity index is 349. The highest BCUT2D eigenvalue weighted by Crippen LogP contribution is 2.23. The summed E-state index contributed by atoms with van der Waals surface area (Å²) in [7, 11) is 0. The van der Waals surface area contributed by atoms with Crippen molar-refractivity contribution in [3.63, 3.8) is 0 Å². The standard InChI is InChI=1S/C12H16FIN2.2ClH/c13-9-12(16-6-4-15-5-7-16)10-2-1-3-11(14)8-10;;/h1-3,8,12,15H,4-7,9H2;2*1H/t12-;;/m0../s1. The highest BCUT2D eigenvalue weighted by atomic mass is 127. The quantitative estimate of drug-likeness (QED) is 0.776. The van der Waals surface area contributed by atoms with Crippen molar-refractivity contribution in [3.05, 3.63) is 33.4 Å². The Balaban J connectivity index is 0.00000144. The van der Waals surface area contributed by atoms with Gasteiger partial charge < -0.3 is 5.32 Å². The van der Waals surface area contributed by atoms with Gasteiger partial charge in [-0.15, -0.1) is 24.8 Å². The van der Waals surface area contributed by atoms with Crippen LogP contribution in [-0.2, 0) is 0 Å². The van der Waals surface area contributed by atoms with Crippen LogP contribution >= 0.6 is 47.4 Å². The molecule has 104 valence electrons. The van der Waals surface area contributed by atoms with Crippen LogP contribution in [0.1, 0.15) is 11.6 Å². The van der Waals surface area contributed by atoms with Gasteiger partial charge in [-0.3, -0.25) is 4.90 Å². The van der Waals surface area contributed by atoms with E-state index in [1.54, 1.807) is 0 Å². The van der Waals surface area contributed by atoms with Gasteiger partial charge in [0.15, 0.2) is 0 Å². The van der Waals surface area contributed by atoms with Crippen LogP contribution in [0.15, 0.2) is 24.3 Å². The summed E-state index contributed by atoms with van der Waals surface area (Å²) >= 11 is 2.27. The van der Waals surface area contributed by atoms with E-state index in [9.17, 15) is 4.39 Å². The number of hydrogen-bond donors (Lipinski definition) is 1. The summed E-state index contributed by atoms with van der Waals surface area (Å²) in [6, 6.07) is 8.07. The van der Waals surface area contributed by atoms with Gasteiger partial charge in [-0.05, 0) is 40.3 Å². The van der Waals surface area contributed by atoms with Crippen molar-refractivity contribution in [1.82, 2.24) is 10.2 Å². The molecule has 1 N–H and O–H groups in total. The van der Waals surface area contributed by atoms with Crippen LogP contribution in [0, 0.1) is 3.57 Å². The minimum Gasteiger partial charge on any atom is -0.314 e. The summed E-state index contributed by atoms with van der Waals surface area (Å²) in [5, 5.41) is 3.29. The molecule has 0 unspecified atom stereocenters. The molecule has 0 aromatic heterocycles. The fraction of sp³-hybridized carbons (Fsp3) is 0.500. The van der Waals surface area contributed by atoms with E-state index in [0.717, 1.165) is 31.7 Å². The summed E-state index contributed by atoms with van der Waals surface area (Å²) < 4.78 is 14.4. The van der Waals surface area contributed by atoms with Crippen molar-refractivity contribution < 1.29 is 4.39 Å². The molecule has 1 atom stereocenters. The van der Waals surface area contributed by atoms with Crippen molar-refractivity contribution >= 4 is 47.4 Å². The fourth-order valence-corrected chi connectivity index (χ4v) is 2.67. The molecule has 1 aromatic rings. The zero-order valence-electron chi connectivity index (χ0n) is 9.94. The molecule has 0 saturated carbocycles. The first-order chi connectivity index (χ1) is 7.81. The highest BCUT2D eigenvalue weighted by Gasteiger charge is 2.21. The third-order valence-corrected chi connectivity index (χ3v) is 3.64. The van der Waals surface area contributed by atoms with Crippen molar-refractivity contribution in [1.29, 1.82) is 0 Å². The SMILES string of the molecule is Cl.Cl.FC[C@@H](c1cccc(I)c1)N1CCNCC1. The molecule has 2 nitrogen and oxygen atoms in total. The molecule has 1 saturated heterocycles. The van der Waals surface area contributed by atoms with Crippen molar-refractivity contribution in [3.8, 4) is 0 Å². The number of halogens is 4. The lowest BCUT2D eigenvalue weighted by Gasteiger charge is -2.33. The maximum absolute atomic E-state index is 13.2. The Morgan fingerprint density at radius 3 is 2.50 bits per heavy atom. The fourth-order valence-electron chi connectivity index (χ4n) is 2.11. The molecule has 0 bridgehead atoms. The van der Waals surface area contributed by atoms with Crippen LogP contribution < -0.4 is 5.32 Å². The molecule has 18 heavy (non-hydrogen) atoms. The maximum Gasteiger partial charge on any atom is 0.109 e. The molecule has 1 fully saturated rings. The predicted molar refractivity (Wildman–Crippen MR) is 86.8 cm³/mol. The molecule has 1 heterocycles. The smallest absolute Gasteiger partial charge is 0.109 e. The molecule has 1 aliphatic rings. The summed E-state index contributed by atoms with van der Waals surface area (Å²) in [6.07, 6.45) is 0. The van der Waals surface area contributed by atoms with Gasteiger partial charge in [0.25, 0.3) is 0 Å². The van der Waals surface area contributed by atoms with Gasteiger partial charge in [0, 0.05) is 29.7 Å². The third-order valence-electron chi connectivity index (χ3n) is 2.97. The molecule has 1 aromatic carbocycles. The van der Waals surface area contributed by atoms with Gasteiger partial charge >= 0.3 is 0 Å². The summed E-state index contributed by atoms with van der Waals surface area (Å²) in [4.78, 5) is 2.22. The Morgan fingerprint density at radius 2 is 1.94 bits per heavy atom. The lowest BCUT2D eigenvalue weighted by atomic mass is 10.1. The van der Waals surface area contributed by atoms with E-state index < -0.39 is 0 Å². The average molecular weight is 407 g/mol. The largest absolute Gasteiger partial charge is 0.314 e. The normalized spacial score (nSPS) is 17.4. The van der Waals surface area contributed by atoms with E-state index in [-0.39, 0.29) is 37.5 Å². The van der Waals surface area contributed by atoms with E-state index in [1.165, 1.54) is 3.57 Å². The molecule has 1 aliphatic heterocycles. The second-order valence-corrected chi connectivity index (χ2v) is 5.26. The Morgan fingerprint density at radius 1 is 1.28 bits per heavy atom. The molecule has 0 spiro atoms. The Kier molecular flexibility index (Phi) is 9.51. The molecular formula is C12H18Cl2FIN2. The molecule has 0 amide bonds. The van der Waals surface area contributed by atoms with E-state index >= 15 is 0 Å². The number of piperazine rings is 1. The molecule has 2 rings (SSSR count). The number of alkyl halides is 1. The zero-order chi connectivity index (χ0) is 11.4. The minimum absolute atomic E-state index is 0. The number of hydrogen-bond acceptors (Lipinski definition) is 2. The highest BCUT2D eigenvalue weighted by molar-refractivity contribution is 14.1. The van der Waals surface area contributed by atoms with Crippen molar-refractivity contribution in [2.45, 2.75) is 6.04 Å². The second kappa shape index (κ2) is 9.31.